The Bertz CT molecular complexity index is 817. The van der Waals surface area contributed by atoms with Crippen LogP contribution in [0.4, 0.5) is 0 Å². The molecule has 35 heavy (non-hydrogen) atoms. The molecule has 0 saturated carbocycles. The molecule has 2 rings (SSSR count). The number of esters is 1. The van der Waals surface area contributed by atoms with E-state index in [0.717, 1.165) is 36.2 Å². The minimum atomic E-state index is -0.539. The highest BCUT2D eigenvalue weighted by atomic mass is 16.7. The number of unbranched alkanes of at least 4 members (excludes halogenated alkanes) is 6. The van der Waals surface area contributed by atoms with E-state index in [-0.39, 0.29) is 5.97 Å². The van der Waals surface area contributed by atoms with Gasteiger partial charge in [0.25, 0.3) is 0 Å². The van der Waals surface area contributed by atoms with Crippen molar-refractivity contribution in [3.63, 3.8) is 0 Å². The molecule has 0 fully saturated rings. The van der Waals surface area contributed by atoms with Crippen LogP contribution in [0.5, 0.6) is 5.75 Å². The van der Waals surface area contributed by atoms with E-state index in [1.807, 2.05) is 25.1 Å². The second-order valence-corrected chi connectivity index (χ2v) is 10.4. The number of carbonyl (C=O) groups is 1. The molecule has 2 aromatic carbocycles. The minimum absolute atomic E-state index is 0.188. The van der Waals surface area contributed by atoms with Crippen molar-refractivity contribution in [1.82, 2.24) is 0 Å². The average molecular weight is 483 g/mol. The second-order valence-electron chi connectivity index (χ2n) is 10.4. The van der Waals surface area contributed by atoms with Gasteiger partial charge in [-0.25, -0.2) is 0 Å². The van der Waals surface area contributed by atoms with Crippen LogP contribution in [-0.2, 0) is 22.5 Å². The highest BCUT2D eigenvalue weighted by Crippen LogP contribution is 2.18. The number of quaternary nitrogens is 1. The number of nitrogens with zero attached hydrogens (tertiary/aromatic N) is 1. The monoisotopic (exact) mass is 482 g/mol. The summed E-state index contributed by atoms with van der Waals surface area (Å²) in [6.45, 7) is 6.11. The lowest BCUT2D eigenvalue weighted by molar-refractivity contribution is -0.903. The third kappa shape index (κ3) is 12.8. The number of ether oxygens (including phenoxy) is 2. The summed E-state index contributed by atoms with van der Waals surface area (Å²) in [5.41, 5.74) is 2.65. The lowest BCUT2D eigenvalue weighted by Gasteiger charge is -2.30. The molecule has 0 aliphatic heterocycles. The van der Waals surface area contributed by atoms with Gasteiger partial charge in [0.2, 0.25) is 6.29 Å². The molecule has 0 saturated heterocycles. The van der Waals surface area contributed by atoms with Gasteiger partial charge in [-0.15, -0.1) is 0 Å². The topological polar surface area (TPSA) is 35.5 Å². The van der Waals surface area contributed by atoms with Crippen molar-refractivity contribution in [2.75, 3.05) is 20.6 Å². The van der Waals surface area contributed by atoms with E-state index in [1.165, 1.54) is 56.1 Å². The molecule has 0 N–H and O–H groups in total. The van der Waals surface area contributed by atoms with Crippen molar-refractivity contribution in [2.24, 2.45) is 0 Å². The maximum absolute atomic E-state index is 12.4. The van der Waals surface area contributed by atoms with Crippen molar-refractivity contribution in [3.05, 3.63) is 65.7 Å². The molecule has 0 amide bonds. The van der Waals surface area contributed by atoms with Crippen LogP contribution in [0.1, 0.15) is 89.2 Å². The SMILES string of the molecule is CCCCCCCCCc1ccc(OC(CC)OC(=O)CCC[N+](C)(C)Cc2ccccc2)cc1. The molecule has 194 valence electrons. The molecule has 0 radical (unpaired) electrons. The summed E-state index contributed by atoms with van der Waals surface area (Å²) >= 11 is 0. The lowest BCUT2D eigenvalue weighted by atomic mass is 10.0. The number of benzene rings is 2. The first-order valence-corrected chi connectivity index (χ1v) is 13.7. The Labute approximate surface area is 214 Å². The quantitative estimate of drug-likeness (QED) is 0.0945. The van der Waals surface area contributed by atoms with Gasteiger partial charge in [-0.3, -0.25) is 4.79 Å². The van der Waals surface area contributed by atoms with E-state index in [0.29, 0.717) is 12.8 Å². The van der Waals surface area contributed by atoms with Crippen molar-refractivity contribution in [2.45, 2.75) is 97.3 Å². The van der Waals surface area contributed by atoms with Crippen molar-refractivity contribution >= 4 is 5.97 Å². The maximum atomic E-state index is 12.4. The Hall–Kier alpha value is -2.33. The Balaban J connectivity index is 1.66. The number of aryl methyl sites for hydroxylation is 1. The summed E-state index contributed by atoms with van der Waals surface area (Å²) < 4.78 is 12.4. The van der Waals surface area contributed by atoms with E-state index in [1.54, 1.807) is 0 Å². The summed E-state index contributed by atoms with van der Waals surface area (Å²) in [6.07, 6.45) is 11.7. The third-order valence-electron chi connectivity index (χ3n) is 6.45. The fraction of sp³-hybridized carbons (Fsp3) is 0.581. The zero-order valence-corrected chi connectivity index (χ0v) is 22.6. The van der Waals surface area contributed by atoms with Crippen LogP contribution in [0, 0.1) is 0 Å². The fourth-order valence-electron chi connectivity index (χ4n) is 4.38. The van der Waals surface area contributed by atoms with Gasteiger partial charge < -0.3 is 14.0 Å². The second kappa shape index (κ2) is 16.4. The minimum Gasteiger partial charge on any atom is -0.455 e. The first kappa shape index (κ1) is 28.9. The van der Waals surface area contributed by atoms with Gasteiger partial charge in [-0.1, -0.05) is 94.8 Å². The summed E-state index contributed by atoms with van der Waals surface area (Å²) in [6, 6.07) is 18.7. The molecule has 0 bridgehead atoms. The van der Waals surface area contributed by atoms with E-state index < -0.39 is 6.29 Å². The first-order chi connectivity index (χ1) is 16.9. The smallest absolute Gasteiger partial charge is 0.309 e. The number of rotatable bonds is 18. The molecule has 2 aromatic rings. The van der Waals surface area contributed by atoms with E-state index in [2.05, 4.69) is 57.4 Å². The van der Waals surface area contributed by atoms with Crippen LogP contribution in [0.25, 0.3) is 0 Å². The van der Waals surface area contributed by atoms with Crippen molar-refractivity contribution in [1.29, 1.82) is 0 Å². The van der Waals surface area contributed by atoms with Crippen LogP contribution in [0.15, 0.2) is 54.6 Å². The van der Waals surface area contributed by atoms with Crippen LogP contribution < -0.4 is 4.74 Å². The van der Waals surface area contributed by atoms with Crippen LogP contribution in [0.3, 0.4) is 0 Å². The van der Waals surface area contributed by atoms with E-state index in [9.17, 15) is 4.79 Å². The highest BCUT2D eigenvalue weighted by molar-refractivity contribution is 5.69. The van der Waals surface area contributed by atoms with Crippen LogP contribution >= 0.6 is 0 Å². The Morgan fingerprint density at radius 1 is 0.800 bits per heavy atom. The van der Waals surface area contributed by atoms with Gasteiger partial charge in [0.15, 0.2) is 0 Å². The Kier molecular flexibility index (Phi) is 13.5. The van der Waals surface area contributed by atoms with Gasteiger partial charge in [0.05, 0.1) is 27.1 Å². The third-order valence-corrected chi connectivity index (χ3v) is 6.45. The van der Waals surface area contributed by atoms with Gasteiger partial charge in [0.1, 0.15) is 12.3 Å². The van der Waals surface area contributed by atoms with E-state index >= 15 is 0 Å². The van der Waals surface area contributed by atoms with Gasteiger partial charge in [0, 0.05) is 18.4 Å². The number of carbonyl (C=O) groups excluding carboxylic acids is 1. The molecule has 0 spiro atoms. The van der Waals surface area contributed by atoms with Gasteiger partial charge in [-0.2, -0.15) is 0 Å². The fourth-order valence-corrected chi connectivity index (χ4v) is 4.38. The average Bonchev–Trinajstić information content (AvgIpc) is 2.84. The highest BCUT2D eigenvalue weighted by Gasteiger charge is 2.18. The normalized spacial score (nSPS) is 12.3. The lowest BCUT2D eigenvalue weighted by Crippen LogP contribution is -2.39. The summed E-state index contributed by atoms with van der Waals surface area (Å²) in [4.78, 5) is 12.4. The van der Waals surface area contributed by atoms with Gasteiger partial charge in [-0.05, 0) is 30.5 Å². The predicted molar refractivity (Wildman–Crippen MR) is 145 cm³/mol. The zero-order chi connectivity index (χ0) is 25.4. The number of hydrogen-bond acceptors (Lipinski definition) is 3. The summed E-state index contributed by atoms with van der Waals surface area (Å²) in [5.74, 6) is 0.570. The maximum Gasteiger partial charge on any atom is 0.309 e. The molecular weight excluding hydrogens is 434 g/mol. The van der Waals surface area contributed by atoms with Crippen molar-refractivity contribution in [3.8, 4) is 5.75 Å². The molecule has 0 aliphatic carbocycles. The molecule has 1 unspecified atom stereocenters. The zero-order valence-electron chi connectivity index (χ0n) is 22.6. The molecular formula is C31H48NO3+. The Morgan fingerprint density at radius 3 is 2.11 bits per heavy atom. The largest absolute Gasteiger partial charge is 0.455 e. The van der Waals surface area contributed by atoms with Gasteiger partial charge >= 0.3 is 5.97 Å². The van der Waals surface area contributed by atoms with Crippen LogP contribution in [-0.4, -0.2) is 37.4 Å². The molecule has 4 heteroatoms. The molecule has 1 atom stereocenters. The summed E-state index contributed by atoms with van der Waals surface area (Å²) in [5, 5.41) is 0. The molecule has 0 heterocycles. The molecule has 4 nitrogen and oxygen atoms in total. The van der Waals surface area contributed by atoms with Crippen molar-refractivity contribution < 1.29 is 18.8 Å². The molecule has 0 aliphatic rings. The van der Waals surface area contributed by atoms with E-state index in [4.69, 9.17) is 9.47 Å². The predicted octanol–water partition coefficient (Wildman–Crippen LogP) is 7.69. The Morgan fingerprint density at radius 2 is 1.46 bits per heavy atom. The van der Waals surface area contributed by atoms with Crippen LogP contribution in [0.2, 0.25) is 0 Å². The standard InChI is InChI=1S/C31H48NO3/c1-5-7-8-9-10-11-13-17-27-21-23-29(24-22-27)34-31(6-2)35-30(33)20-16-25-32(3,4)26-28-18-14-12-15-19-28/h12,14-15,18-19,21-24,31H,5-11,13,16-17,20,25-26H2,1-4H3/q+1. The first-order valence-electron chi connectivity index (χ1n) is 13.7. The number of hydrogen-bond donors (Lipinski definition) is 0. The molecule has 0 aromatic heterocycles. The summed E-state index contributed by atoms with van der Waals surface area (Å²) in [7, 11) is 4.40.